The van der Waals surface area contributed by atoms with Gasteiger partial charge in [0.1, 0.15) is 6.26 Å². The van der Waals surface area contributed by atoms with Crippen LogP contribution in [-0.4, -0.2) is 43.3 Å². The van der Waals surface area contributed by atoms with Crippen LogP contribution in [0, 0.1) is 0 Å². The number of carbonyl (C=O) groups is 1. The first-order valence-electron chi connectivity index (χ1n) is 15.0. The second-order valence-electron chi connectivity index (χ2n) is 11.7. The smallest absolute Gasteiger partial charge is 0.234 e. The van der Waals surface area contributed by atoms with E-state index in [1.54, 1.807) is 6.26 Å². The van der Waals surface area contributed by atoms with Crippen molar-refractivity contribution in [3.05, 3.63) is 150 Å². The number of carbonyl (C=O) groups excluding carboxylic acids is 1. The van der Waals surface area contributed by atoms with E-state index in [1.807, 2.05) is 36.4 Å². The summed E-state index contributed by atoms with van der Waals surface area (Å²) in [5, 5.41) is 0. The minimum atomic E-state index is -0.296. The second kappa shape index (κ2) is 11.4. The number of hydrogen-bond acceptors (Lipinski definition) is 4. The molecule has 1 unspecified atom stereocenters. The standard InChI is InChI=1S/C37H36N2O3/c40-36(35(29-14-6-2-7-15-29)30-16-8-3-9-17-30)38-22-20-37(21-23-38)26-39(32-19-11-10-18-31(32)37)33(34-25-41-27-42-34)24-28-12-4-1-5-13-28/h1-19,25,33,35H,20-24,26-27H2. The van der Waals surface area contributed by atoms with Gasteiger partial charge in [-0.1, -0.05) is 109 Å². The molecular formula is C37H36N2O3. The molecule has 0 radical (unpaired) electrons. The summed E-state index contributed by atoms with van der Waals surface area (Å²) in [6.07, 6.45) is 4.48. The Labute approximate surface area is 248 Å². The maximum Gasteiger partial charge on any atom is 0.234 e. The normalized spacial score (nSPS) is 17.9. The van der Waals surface area contributed by atoms with Gasteiger partial charge in [-0.2, -0.15) is 0 Å². The predicted molar refractivity (Wildman–Crippen MR) is 165 cm³/mol. The lowest BCUT2D eigenvalue weighted by atomic mass is 9.74. The highest BCUT2D eigenvalue weighted by atomic mass is 16.7. The number of amides is 1. The molecule has 0 aromatic heterocycles. The van der Waals surface area contributed by atoms with Gasteiger partial charge < -0.3 is 19.3 Å². The monoisotopic (exact) mass is 556 g/mol. The average molecular weight is 557 g/mol. The topological polar surface area (TPSA) is 42.0 Å². The number of piperidine rings is 1. The number of ether oxygens (including phenoxy) is 2. The van der Waals surface area contributed by atoms with E-state index in [4.69, 9.17) is 9.47 Å². The van der Waals surface area contributed by atoms with Gasteiger partial charge in [-0.05, 0) is 41.2 Å². The number of para-hydroxylation sites is 1. The van der Waals surface area contributed by atoms with Gasteiger partial charge in [0.15, 0.2) is 5.76 Å². The van der Waals surface area contributed by atoms with E-state index in [2.05, 4.69) is 88.7 Å². The molecule has 3 aliphatic rings. The van der Waals surface area contributed by atoms with Gasteiger partial charge in [0, 0.05) is 37.2 Å². The highest BCUT2D eigenvalue weighted by molar-refractivity contribution is 5.87. The van der Waals surface area contributed by atoms with E-state index < -0.39 is 0 Å². The van der Waals surface area contributed by atoms with Crippen LogP contribution in [0.3, 0.4) is 0 Å². The van der Waals surface area contributed by atoms with Gasteiger partial charge in [0.25, 0.3) is 0 Å². The zero-order valence-corrected chi connectivity index (χ0v) is 23.8. The largest absolute Gasteiger partial charge is 0.462 e. The molecule has 3 heterocycles. The van der Waals surface area contributed by atoms with Crippen molar-refractivity contribution < 1.29 is 14.3 Å². The second-order valence-corrected chi connectivity index (χ2v) is 11.7. The summed E-state index contributed by atoms with van der Waals surface area (Å²) in [7, 11) is 0. The van der Waals surface area contributed by atoms with Crippen LogP contribution in [0.4, 0.5) is 5.69 Å². The molecule has 212 valence electrons. The Hall–Kier alpha value is -4.51. The van der Waals surface area contributed by atoms with Crippen molar-refractivity contribution in [1.29, 1.82) is 0 Å². The first kappa shape index (κ1) is 26.4. The van der Waals surface area contributed by atoms with Crippen molar-refractivity contribution in [3.63, 3.8) is 0 Å². The van der Waals surface area contributed by atoms with Crippen molar-refractivity contribution in [2.45, 2.75) is 36.6 Å². The maximum atomic E-state index is 14.2. The van der Waals surface area contributed by atoms with E-state index in [1.165, 1.54) is 16.8 Å². The van der Waals surface area contributed by atoms with E-state index in [0.717, 1.165) is 55.8 Å². The van der Waals surface area contributed by atoms with Crippen LogP contribution < -0.4 is 4.90 Å². The number of fused-ring (bicyclic) bond motifs is 2. The SMILES string of the molecule is O=C(C(c1ccccc1)c1ccccc1)N1CCC2(CC1)CN(C(Cc1ccccc1)C1=COCO1)c1ccccc12. The molecule has 1 atom stereocenters. The molecule has 0 saturated carbocycles. The van der Waals surface area contributed by atoms with Gasteiger partial charge in [-0.25, -0.2) is 0 Å². The highest BCUT2D eigenvalue weighted by Crippen LogP contribution is 2.49. The summed E-state index contributed by atoms with van der Waals surface area (Å²) in [6.45, 7) is 2.64. The fraction of sp³-hybridized carbons (Fsp3) is 0.270. The van der Waals surface area contributed by atoms with Crippen molar-refractivity contribution in [3.8, 4) is 0 Å². The zero-order chi connectivity index (χ0) is 28.4. The molecule has 5 nitrogen and oxygen atoms in total. The number of hydrogen-bond donors (Lipinski definition) is 0. The fourth-order valence-electron chi connectivity index (χ4n) is 7.11. The summed E-state index contributed by atoms with van der Waals surface area (Å²) in [5.74, 6) is 0.774. The van der Waals surface area contributed by atoms with E-state index in [-0.39, 0.29) is 30.1 Å². The van der Waals surface area contributed by atoms with Crippen molar-refractivity contribution >= 4 is 11.6 Å². The molecule has 1 saturated heterocycles. The zero-order valence-electron chi connectivity index (χ0n) is 23.8. The Balaban J connectivity index is 1.15. The van der Waals surface area contributed by atoms with Crippen LogP contribution in [0.15, 0.2) is 127 Å². The summed E-state index contributed by atoms with van der Waals surface area (Å²) < 4.78 is 11.5. The number of benzene rings is 4. The molecule has 0 bridgehead atoms. The molecule has 4 aromatic carbocycles. The third-order valence-corrected chi connectivity index (χ3v) is 9.27. The molecule has 1 spiro atoms. The van der Waals surface area contributed by atoms with E-state index in [0.29, 0.717) is 0 Å². The predicted octanol–water partition coefficient (Wildman–Crippen LogP) is 6.66. The van der Waals surface area contributed by atoms with Gasteiger partial charge in [-0.3, -0.25) is 4.79 Å². The van der Waals surface area contributed by atoms with Crippen LogP contribution in [-0.2, 0) is 26.1 Å². The average Bonchev–Trinajstić information content (AvgIpc) is 3.70. The lowest BCUT2D eigenvalue weighted by Gasteiger charge is -2.42. The molecule has 1 fully saturated rings. The summed E-state index contributed by atoms with van der Waals surface area (Å²) >= 11 is 0. The van der Waals surface area contributed by atoms with E-state index >= 15 is 0 Å². The van der Waals surface area contributed by atoms with Gasteiger partial charge >= 0.3 is 0 Å². The number of likely N-dealkylation sites (tertiary alicyclic amines) is 1. The minimum absolute atomic E-state index is 0.0165. The summed E-state index contributed by atoms with van der Waals surface area (Å²) in [4.78, 5) is 18.8. The lowest BCUT2D eigenvalue weighted by Crippen LogP contribution is -2.50. The van der Waals surface area contributed by atoms with E-state index in [9.17, 15) is 4.79 Å². The third kappa shape index (κ3) is 4.94. The molecule has 4 aromatic rings. The van der Waals surface area contributed by atoms with Crippen LogP contribution in [0.25, 0.3) is 0 Å². The van der Waals surface area contributed by atoms with Crippen LogP contribution in [0.2, 0.25) is 0 Å². The molecular weight excluding hydrogens is 520 g/mol. The fourth-order valence-corrected chi connectivity index (χ4v) is 7.11. The number of anilines is 1. The van der Waals surface area contributed by atoms with Crippen LogP contribution >= 0.6 is 0 Å². The minimum Gasteiger partial charge on any atom is -0.462 e. The van der Waals surface area contributed by atoms with Gasteiger partial charge in [0.05, 0.1) is 12.0 Å². The first-order chi connectivity index (χ1) is 20.7. The Morgan fingerprint density at radius 1 is 0.762 bits per heavy atom. The Bertz CT molecular complexity index is 1510. The number of rotatable bonds is 7. The molecule has 3 aliphatic heterocycles. The first-order valence-corrected chi connectivity index (χ1v) is 15.0. The van der Waals surface area contributed by atoms with Gasteiger partial charge in [0.2, 0.25) is 12.7 Å². The molecule has 5 heteroatoms. The molecule has 1 amide bonds. The Kier molecular flexibility index (Phi) is 7.16. The number of nitrogens with zero attached hydrogens (tertiary/aromatic N) is 2. The van der Waals surface area contributed by atoms with Crippen molar-refractivity contribution in [1.82, 2.24) is 4.90 Å². The summed E-state index contributed by atoms with van der Waals surface area (Å²) in [6, 6.07) is 39.9. The molecule has 0 aliphatic carbocycles. The Morgan fingerprint density at radius 3 is 1.98 bits per heavy atom. The summed E-state index contributed by atoms with van der Waals surface area (Å²) in [5.41, 5.74) is 5.99. The third-order valence-electron chi connectivity index (χ3n) is 9.27. The van der Waals surface area contributed by atoms with Gasteiger partial charge in [-0.15, -0.1) is 0 Å². The molecule has 7 rings (SSSR count). The van der Waals surface area contributed by atoms with Crippen molar-refractivity contribution in [2.75, 3.05) is 31.3 Å². The van der Waals surface area contributed by atoms with Crippen molar-refractivity contribution in [2.24, 2.45) is 0 Å². The van der Waals surface area contributed by atoms with Crippen LogP contribution in [0.1, 0.15) is 41.0 Å². The highest BCUT2D eigenvalue weighted by Gasteiger charge is 2.48. The lowest BCUT2D eigenvalue weighted by molar-refractivity contribution is -0.133. The quantitative estimate of drug-likeness (QED) is 0.255. The van der Waals surface area contributed by atoms with Crippen LogP contribution in [0.5, 0.6) is 0 Å². The Morgan fingerprint density at radius 2 is 1.36 bits per heavy atom. The maximum absolute atomic E-state index is 14.2. The molecule has 42 heavy (non-hydrogen) atoms. The molecule has 0 N–H and O–H groups in total.